The van der Waals surface area contributed by atoms with E-state index in [9.17, 15) is 5.11 Å². The minimum absolute atomic E-state index is 0.319. The number of benzene rings is 1. The molecule has 0 amide bonds. The van der Waals surface area contributed by atoms with E-state index < -0.39 is 0 Å². The SMILES string of the molecule is CC[C@@H](CO)[C@H]1CCCN1[C@@H](C)c1ccccc1. The summed E-state index contributed by atoms with van der Waals surface area (Å²) >= 11 is 0. The Bertz CT molecular complexity index is 347. The third-order valence-electron chi connectivity index (χ3n) is 4.42. The lowest BCUT2D eigenvalue weighted by molar-refractivity contribution is 0.0977. The van der Waals surface area contributed by atoms with Gasteiger partial charge in [-0.15, -0.1) is 0 Å². The van der Waals surface area contributed by atoms with Crippen molar-refractivity contribution in [3.05, 3.63) is 35.9 Å². The fraction of sp³-hybridized carbons (Fsp3) is 0.625. The van der Waals surface area contributed by atoms with Crippen LogP contribution in [-0.4, -0.2) is 29.2 Å². The van der Waals surface area contributed by atoms with Crippen molar-refractivity contribution in [2.75, 3.05) is 13.2 Å². The molecular weight excluding hydrogens is 222 g/mol. The van der Waals surface area contributed by atoms with Gasteiger partial charge in [-0.05, 0) is 44.2 Å². The third kappa shape index (κ3) is 2.76. The minimum Gasteiger partial charge on any atom is -0.396 e. The monoisotopic (exact) mass is 247 g/mol. The molecule has 0 unspecified atom stereocenters. The van der Waals surface area contributed by atoms with Crippen molar-refractivity contribution >= 4 is 0 Å². The van der Waals surface area contributed by atoms with Crippen LogP contribution in [-0.2, 0) is 0 Å². The smallest absolute Gasteiger partial charge is 0.0474 e. The van der Waals surface area contributed by atoms with Gasteiger partial charge in [0.15, 0.2) is 0 Å². The molecule has 1 aromatic carbocycles. The summed E-state index contributed by atoms with van der Waals surface area (Å²) in [7, 11) is 0. The molecule has 1 aromatic rings. The molecule has 100 valence electrons. The van der Waals surface area contributed by atoms with E-state index in [0.717, 1.165) is 13.0 Å². The molecule has 1 aliphatic heterocycles. The molecule has 1 aliphatic rings. The molecule has 0 radical (unpaired) electrons. The molecule has 0 aliphatic carbocycles. The van der Waals surface area contributed by atoms with Crippen molar-refractivity contribution in [3.8, 4) is 0 Å². The van der Waals surface area contributed by atoms with Crippen LogP contribution in [0, 0.1) is 5.92 Å². The van der Waals surface area contributed by atoms with Crippen molar-refractivity contribution in [2.45, 2.75) is 45.2 Å². The lowest BCUT2D eigenvalue weighted by atomic mass is 9.94. The zero-order valence-electron chi connectivity index (χ0n) is 11.5. The number of rotatable bonds is 5. The molecule has 0 bridgehead atoms. The van der Waals surface area contributed by atoms with Gasteiger partial charge in [0.2, 0.25) is 0 Å². The Morgan fingerprint density at radius 1 is 1.33 bits per heavy atom. The molecule has 1 fully saturated rings. The zero-order chi connectivity index (χ0) is 13.0. The van der Waals surface area contributed by atoms with Crippen LogP contribution in [0.1, 0.15) is 44.7 Å². The minimum atomic E-state index is 0.319. The highest BCUT2D eigenvalue weighted by molar-refractivity contribution is 5.19. The molecular formula is C16H25NO. The summed E-state index contributed by atoms with van der Waals surface area (Å²) in [5, 5.41) is 9.53. The standard InChI is InChI=1S/C16H25NO/c1-3-14(12-18)16-10-7-11-17(16)13(2)15-8-5-4-6-9-15/h4-6,8-9,13-14,16,18H,3,7,10-12H2,1-2H3/t13-,14-,16+/m0/s1. The maximum atomic E-state index is 9.53. The van der Waals surface area contributed by atoms with Crippen molar-refractivity contribution < 1.29 is 5.11 Å². The first-order valence-corrected chi connectivity index (χ1v) is 7.19. The number of nitrogens with zero attached hydrogens (tertiary/aromatic N) is 1. The first-order valence-electron chi connectivity index (χ1n) is 7.19. The van der Waals surface area contributed by atoms with E-state index in [1.165, 1.54) is 18.4 Å². The number of aliphatic hydroxyl groups is 1. The lowest BCUT2D eigenvalue weighted by Crippen LogP contribution is -2.38. The maximum absolute atomic E-state index is 9.53. The average molecular weight is 247 g/mol. The van der Waals surface area contributed by atoms with Crippen LogP contribution in [0.4, 0.5) is 0 Å². The van der Waals surface area contributed by atoms with Crippen LogP contribution < -0.4 is 0 Å². The quantitative estimate of drug-likeness (QED) is 0.863. The number of likely N-dealkylation sites (tertiary alicyclic amines) is 1. The summed E-state index contributed by atoms with van der Waals surface area (Å²) in [5.41, 5.74) is 1.39. The van der Waals surface area contributed by atoms with E-state index in [2.05, 4.69) is 49.1 Å². The highest BCUT2D eigenvalue weighted by atomic mass is 16.3. The molecule has 2 nitrogen and oxygen atoms in total. The van der Waals surface area contributed by atoms with E-state index >= 15 is 0 Å². The van der Waals surface area contributed by atoms with Gasteiger partial charge in [-0.1, -0.05) is 37.3 Å². The van der Waals surface area contributed by atoms with Crippen LogP contribution >= 0.6 is 0 Å². The summed E-state index contributed by atoms with van der Waals surface area (Å²) in [6.07, 6.45) is 3.56. The van der Waals surface area contributed by atoms with Crippen LogP contribution in [0.2, 0.25) is 0 Å². The van der Waals surface area contributed by atoms with E-state index in [-0.39, 0.29) is 0 Å². The van der Waals surface area contributed by atoms with Gasteiger partial charge in [0.25, 0.3) is 0 Å². The highest BCUT2D eigenvalue weighted by Gasteiger charge is 2.33. The van der Waals surface area contributed by atoms with Crippen molar-refractivity contribution in [3.63, 3.8) is 0 Å². The third-order valence-corrected chi connectivity index (χ3v) is 4.42. The predicted molar refractivity (Wildman–Crippen MR) is 75.5 cm³/mol. The predicted octanol–water partition coefficient (Wildman–Crippen LogP) is 3.23. The van der Waals surface area contributed by atoms with Gasteiger partial charge in [-0.3, -0.25) is 4.90 Å². The first kappa shape index (κ1) is 13.6. The Labute approximate surface area is 111 Å². The van der Waals surface area contributed by atoms with Gasteiger partial charge in [0.1, 0.15) is 0 Å². The second-order valence-corrected chi connectivity index (χ2v) is 5.38. The first-order chi connectivity index (χ1) is 8.77. The molecule has 1 heterocycles. The highest BCUT2D eigenvalue weighted by Crippen LogP contribution is 2.33. The van der Waals surface area contributed by atoms with Crippen molar-refractivity contribution in [1.29, 1.82) is 0 Å². The van der Waals surface area contributed by atoms with E-state index in [1.54, 1.807) is 0 Å². The molecule has 1 saturated heterocycles. The zero-order valence-corrected chi connectivity index (χ0v) is 11.5. The Morgan fingerprint density at radius 3 is 2.67 bits per heavy atom. The van der Waals surface area contributed by atoms with Gasteiger partial charge in [0, 0.05) is 18.7 Å². The van der Waals surface area contributed by atoms with Gasteiger partial charge < -0.3 is 5.11 Å². The fourth-order valence-corrected chi connectivity index (χ4v) is 3.25. The largest absolute Gasteiger partial charge is 0.396 e. The maximum Gasteiger partial charge on any atom is 0.0474 e. The Kier molecular flexibility index (Phi) is 4.79. The van der Waals surface area contributed by atoms with Gasteiger partial charge in [-0.25, -0.2) is 0 Å². The van der Waals surface area contributed by atoms with E-state index in [1.807, 2.05) is 0 Å². The molecule has 2 rings (SSSR count). The molecule has 18 heavy (non-hydrogen) atoms. The molecule has 0 aromatic heterocycles. The molecule has 1 N–H and O–H groups in total. The Hall–Kier alpha value is -0.860. The normalized spacial score (nSPS) is 24.1. The summed E-state index contributed by atoms with van der Waals surface area (Å²) in [6, 6.07) is 11.7. The van der Waals surface area contributed by atoms with Crippen molar-refractivity contribution in [1.82, 2.24) is 4.90 Å². The van der Waals surface area contributed by atoms with Gasteiger partial charge >= 0.3 is 0 Å². The van der Waals surface area contributed by atoms with Crippen LogP contribution in [0.15, 0.2) is 30.3 Å². The molecule has 2 heteroatoms. The number of hydrogen-bond acceptors (Lipinski definition) is 2. The van der Waals surface area contributed by atoms with E-state index in [4.69, 9.17) is 0 Å². The van der Waals surface area contributed by atoms with Gasteiger partial charge in [0.05, 0.1) is 0 Å². The van der Waals surface area contributed by atoms with Crippen molar-refractivity contribution in [2.24, 2.45) is 5.92 Å². The molecule has 0 spiro atoms. The Morgan fingerprint density at radius 2 is 2.06 bits per heavy atom. The van der Waals surface area contributed by atoms with Crippen LogP contribution in [0.25, 0.3) is 0 Å². The molecule has 0 saturated carbocycles. The Balaban J connectivity index is 2.11. The second kappa shape index (κ2) is 6.35. The number of hydrogen-bond donors (Lipinski definition) is 1. The second-order valence-electron chi connectivity index (χ2n) is 5.38. The summed E-state index contributed by atoms with van der Waals surface area (Å²) in [6.45, 7) is 5.96. The summed E-state index contributed by atoms with van der Waals surface area (Å²) < 4.78 is 0. The van der Waals surface area contributed by atoms with Gasteiger partial charge in [-0.2, -0.15) is 0 Å². The molecule has 3 atom stereocenters. The summed E-state index contributed by atoms with van der Waals surface area (Å²) in [4.78, 5) is 2.58. The average Bonchev–Trinajstić information content (AvgIpc) is 2.90. The lowest BCUT2D eigenvalue weighted by Gasteiger charge is -2.35. The number of aliphatic hydroxyl groups excluding tert-OH is 1. The van der Waals surface area contributed by atoms with E-state index in [0.29, 0.717) is 24.6 Å². The van der Waals surface area contributed by atoms with Crippen LogP contribution in [0.5, 0.6) is 0 Å². The topological polar surface area (TPSA) is 23.5 Å². The van der Waals surface area contributed by atoms with Crippen LogP contribution in [0.3, 0.4) is 0 Å². The summed E-state index contributed by atoms with van der Waals surface area (Å²) in [5.74, 6) is 0.429. The fourth-order valence-electron chi connectivity index (χ4n) is 3.25.